The van der Waals surface area contributed by atoms with Crippen molar-refractivity contribution in [1.82, 2.24) is 4.98 Å². The van der Waals surface area contributed by atoms with E-state index in [0.717, 1.165) is 4.88 Å². The number of nitrogens with zero attached hydrogens (tertiary/aromatic N) is 1. The molecular weight excluding hydrogens is 281 g/mol. The first-order valence-electron chi connectivity index (χ1n) is 4.68. The van der Waals surface area contributed by atoms with Gasteiger partial charge in [0, 0.05) is 11.1 Å². The van der Waals surface area contributed by atoms with Gasteiger partial charge in [-0.15, -0.1) is 11.3 Å². The molecule has 2 heterocycles. The third-order valence-electron chi connectivity index (χ3n) is 1.95. The molecule has 0 unspecified atom stereocenters. The van der Waals surface area contributed by atoms with Crippen LogP contribution in [0.5, 0.6) is 0 Å². The van der Waals surface area contributed by atoms with Gasteiger partial charge in [0.15, 0.2) is 0 Å². The van der Waals surface area contributed by atoms with Crippen molar-refractivity contribution in [3.63, 3.8) is 0 Å². The molecule has 0 aliphatic heterocycles. The fourth-order valence-electron chi connectivity index (χ4n) is 1.18. The predicted molar refractivity (Wildman–Crippen MR) is 67.7 cm³/mol. The molecule has 2 aromatic heterocycles. The number of esters is 1. The van der Waals surface area contributed by atoms with Crippen molar-refractivity contribution < 1.29 is 9.53 Å². The number of aromatic nitrogens is 1. The van der Waals surface area contributed by atoms with Crippen LogP contribution in [0, 0.1) is 0 Å². The second-order valence-electron chi connectivity index (χ2n) is 3.12. The zero-order valence-corrected chi connectivity index (χ0v) is 10.9. The minimum absolute atomic E-state index is 0.140. The molecule has 0 aliphatic rings. The second-order valence-corrected chi connectivity index (χ2v) is 5.28. The summed E-state index contributed by atoms with van der Waals surface area (Å²) in [6.07, 6.45) is 1.51. The Morgan fingerprint density at radius 3 is 2.82 bits per heavy atom. The first kappa shape index (κ1) is 12.4. The topological polar surface area (TPSA) is 39.2 Å². The molecule has 2 rings (SSSR count). The van der Waals surface area contributed by atoms with Gasteiger partial charge >= 0.3 is 5.97 Å². The van der Waals surface area contributed by atoms with Crippen LogP contribution in [0.15, 0.2) is 30.5 Å². The number of hydrogen-bond acceptors (Lipinski definition) is 4. The van der Waals surface area contributed by atoms with E-state index in [1.807, 2.05) is 6.07 Å². The van der Waals surface area contributed by atoms with Crippen molar-refractivity contribution in [3.8, 4) is 0 Å². The van der Waals surface area contributed by atoms with Gasteiger partial charge in [-0.3, -0.25) is 0 Å². The Labute approximate surface area is 112 Å². The third-order valence-corrected chi connectivity index (χ3v) is 3.46. The maximum absolute atomic E-state index is 11.7. The minimum atomic E-state index is -0.493. The summed E-state index contributed by atoms with van der Waals surface area (Å²) in [6.45, 7) is 0.182. The Kier molecular flexibility index (Phi) is 3.99. The molecule has 3 nitrogen and oxygen atoms in total. The molecule has 0 N–H and O–H groups in total. The van der Waals surface area contributed by atoms with Crippen molar-refractivity contribution >= 4 is 40.5 Å². The van der Waals surface area contributed by atoms with Crippen LogP contribution < -0.4 is 0 Å². The summed E-state index contributed by atoms with van der Waals surface area (Å²) in [5.74, 6) is -0.493. The lowest BCUT2D eigenvalue weighted by molar-refractivity contribution is 0.0476. The van der Waals surface area contributed by atoms with E-state index in [-0.39, 0.29) is 17.3 Å². The van der Waals surface area contributed by atoms with E-state index in [1.165, 1.54) is 17.5 Å². The van der Waals surface area contributed by atoms with Crippen LogP contribution >= 0.6 is 34.5 Å². The molecular formula is C11H7Cl2NO2S. The molecule has 0 amide bonds. The van der Waals surface area contributed by atoms with Gasteiger partial charge in [0.05, 0.1) is 9.90 Å². The van der Waals surface area contributed by atoms with Gasteiger partial charge in [0.2, 0.25) is 0 Å². The normalized spacial score (nSPS) is 10.2. The molecule has 0 fully saturated rings. The fraction of sp³-hybridized carbons (Fsp3) is 0.0909. The molecule has 0 radical (unpaired) electrons. The number of pyridine rings is 1. The van der Waals surface area contributed by atoms with E-state index in [4.69, 9.17) is 27.9 Å². The van der Waals surface area contributed by atoms with Crippen LogP contribution in [0.2, 0.25) is 9.49 Å². The third kappa shape index (κ3) is 3.19. The number of rotatable bonds is 3. The molecule has 0 bridgehead atoms. The Balaban J connectivity index is 2.01. The van der Waals surface area contributed by atoms with Crippen LogP contribution in [-0.4, -0.2) is 11.0 Å². The van der Waals surface area contributed by atoms with E-state index in [2.05, 4.69) is 4.98 Å². The number of thiophene rings is 1. The Morgan fingerprint density at radius 1 is 1.35 bits per heavy atom. The maximum Gasteiger partial charge on any atom is 0.341 e. The zero-order valence-electron chi connectivity index (χ0n) is 8.52. The summed E-state index contributed by atoms with van der Waals surface area (Å²) in [7, 11) is 0. The summed E-state index contributed by atoms with van der Waals surface area (Å²) < 4.78 is 5.76. The molecule has 88 valence electrons. The Bertz CT molecular complexity index is 542. The summed E-state index contributed by atoms with van der Waals surface area (Å²) in [5, 5.41) is 0.140. The van der Waals surface area contributed by atoms with Gasteiger partial charge in [-0.25, -0.2) is 9.78 Å². The summed E-state index contributed by atoms with van der Waals surface area (Å²) in [4.78, 5) is 16.4. The van der Waals surface area contributed by atoms with Crippen LogP contribution in [0.1, 0.15) is 15.2 Å². The molecule has 0 saturated heterocycles. The Hall–Kier alpha value is -1.10. The van der Waals surface area contributed by atoms with E-state index < -0.39 is 5.97 Å². The average Bonchev–Trinajstić information content (AvgIpc) is 2.73. The van der Waals surface area contributed by atoms with Crippen LogP contribution in [-0.2, 0) is 11.3 Å². The van der Waals surface area contributed by atoms with Crippen LogP contribution in [0.3, 0.4) is 0 Å². The highest BCUT2D eigenvalue weighted by Gasteiger charge is 2.12. The highest BCUT2D eigenvalue weighted by atomic mass is 35.5. The number of carbonyl (C=O) groups excluding carboxylic acids is 1. The van der Waals surface area contributed by atoms with Crippen LogP contribution in [0.25, 0.3) is 0 Å². The lowest BCUT2D eigenvalue weighted by atomic mass is 10.3. The molecule has 2 aromatic rings. The van der Waals surface area contributed by atoms with Crippen molar-refractivity contribution in [2.75, 3.05) is 0 Å². The quantitative estimate of drug-likeness (QED) is 0.637. The average molecular weight is 288 g/mol. The van der Waals surface area contributed by atoms with Crippen LogP contribution in [0.4, 0.5) is 0 Å². The Morgan fingerprint density at radius 2 is 2.18 bits per heavy atom. The van der Waals surface area contributed by atoms with Crippen molar-refractivity contribution in [3.05, 3.63) is 50.4 Å². The molecule has 0 aliphatic carbocycles. The molecule has 0 saturated carbocycles. The highest BCUT2D eigenvalue weighted by molar-refractivity contribution is 7.16. The van der Waals surface area contributed by atoms with Gasteiger partial charge < -0.3 is 4.74 Å². The first-order valence-corrected chi connectivity index (χ1v) is 6.26. The van der Waals surface area contributed by atoms with Gasteiger partial charge in [-0.2, -0.15) is 0 Å². The maximum atomic E-state index is 11.7. The van der Waals surface area contributed by atoms with E-state index in [0.29, 0.717) is 4.34 Å². The first-order chi connectivity index (χ1) is 8.16. The van der Waals surface area contributed by atoms with Crippen molar-refractivity contribution in [1.29, 1.82) is 0 Å². The lowest BCUT2D eigenvalue weighted by Crippen LogP contribution is -2.05. The molecule has 6 heteroatoms. The standard InChI is InChI=1S/C11H7Cl2NO2S/c12-9-4-3-7(17-9)6-16-11(15)8-2-1-5-14-10(8)13/h1-5H,6H2. The smallest absolute Gasteiger partial charge is 0.341 e. The fourth-order valence-corrected chi connectivity index (χ4v) is 2.38. The molecule has 0 aromatic carbocycles. The molecule has 0 spiro atoms. The number of carbonyl (C=O) groups is 1. The largest absolute Gasteiger partial charge is 0.456 e. The highest BCUT2D eigenvalue weighted by Crippen LogP contribution is 2.22. The summed E-state index contributed by atoms with van der Waals surface area (Å²) >= 11 is 12.9. The van der Waals surface area contributed by atoms with E-state index in [1.54, 1.807) is 18.2 Å². The van der Waals surface area contributed by atoms with E-state index >= 15 is 0 Å². The monoisotopic (exact) mass is 287 g/mol. The van der Waals surface area contributed by atoms with Gasteiger partial charge in [0.25, 0.3) is 0 Å². The molecule has 17 heavy (non-hydrogen) atoms. The van der Waals surface area contributed by atoms with Gasteiger partial charge in [0.1, 0.15) is 11.8 Å². The van der Waals surface area contributed by atoms with Gasteiger partial charge in [-0.1, -0.05) is 23.2 Å². The van der Waals surface area contributed by atoms with Crippen molar-refractivity contribution in [2.45, 2.75) is 6.61 Å². The predicted octanol–water partition coefficient (Wildman–Crippen LogP) is 3.81. The number of ether oxygens (including phenoxy) is 1. The second kappa shape index (κ2) is 5.49. The zero-order chi connectivity index (χ0) is 12.3. The molecule has 0 atom stereocenters. The van der Waals surface area contributed by atoms with Gasteiger partial charge in [-0.05, 0) is 24.3 Å². The van der Waals surface area contributed by atoms with Crippen molar-refractivity contribution in [2.24, 2.45) is 0 Å². The summed E-state index contributed by atoms with van der Waals surface area (Å²) in [5.41, 5.74) is 0.261. The SMILES string of the molecule is O=C(OCc1ccc(Cl)s1)c1cccnc1Cl. The number of hydrogen-bond donors (Lipinski definition) is 0. The number of halogens is 2. The summed E-state index contributed by atoms with van der Waals surface area (Å²) in [6, 6.07) is 6.77. The lowest BCUT2D eigenvalue weighted by Gasteiger charge is -2.03. The van der Waals surface area contributed by atoms with E-state index in [9.17, 15) is 4.79 Å². The minimum Gasteiger partial charge on any atom is -0.456 e.